The summed E-state index contributed by atoms with van der Waals surface area (Å²) in [6.45, 7) is 1.85. The molecule has 0 unspecified atom stereocenters. The second-order valence-electron chi connectivity index (χ2n) is 14.3. The fraction of sp³-hybridized carbons (Fsp3) is 0.0233. The molecule has 0 fully saturated rings. The molecule has 68 heavy (non-hydrogen) atoms. The quantitative estimate of drug-likeness (QED) is 0.0822. The Bertz CT molecular complexity index is 3620. The van der Waals surface area contributed by atoms with Gasteiger partial charge in [0.15, 0.2) is 0 Å². The summed E-state index contributed by atoms with van der Waals surface area (Å²) in [6.07, 6.45) is 0. The number of aryl methyl sites for hydroxylation is 1. The van der Waals surface area contributed by atoms with Gasteiger partial charge in [-0.2, -0.15) is 57.0 Å². The zero-order valence-corrected chi connectivity index (χ0v) is 41.8. The van der Waals surface area contributed by atoms with Crippen molar-refractivity contribution in [3.05, 3.63) is 151 Å². The Labute approximate surface area is 416 Å². The molecule has 7 rings (SSSR count). The number of rotatable bonds is 16. The van der Waals surface area contributed by atoms with Crippen molar-refractivity contribution in [3.8, 4) is 72.5 Å². The molecule has 0 amide bonds. The monoisotopic (exact) mass is 1120 g/mol. The van der Waals surface area contributed by atoms with Gasteiger partial charge in [0, 0.05) is 0 Å². The molecule has 15 nitrogen and oxygen atoms in total. The lowest BCUT2D eigenvalue weighted by atomic mass is 9.74. The molecule has 25 heteroatoms. The Morgan fingerprint density at radius 3 is 0.691 bits per heavy atom. The second-order valence-corrected chi connectivity index (χ2v) is 23.9. The highest BCUT2D eigenvalue weighted by Gasteiger charge is 2.31. The average Bonchev–Trinajstić information content (AvgIpc) is 3.33. The number of halogens is 5. The van der Waals surface area contributed by atoms with E-state index in [0.29, 0.717) is 55.6 Å². The van der Waals surface area contributed by atoms with E-state index in [0.717, 1.165) is 5.56 Å². The van der Waals surface area contributed by atoms with E-state index in [9.17, 15) is 42.1 Å². The Morgan fingerprint density at radius 1 is 0.309 bits per heavy atom. The maximum absolute atomic E-state index is 12.8. The SMILES string of the molecule is Cc1ccc(-c2c(-c3ccc(OS(=O)(=O)Cl)cc3)c(-c3ccc(S(=O)(=O)OCl)cc3)c(-c3ccc(S(=O)(=O)OCl)cc3)c(-c3ccc(S(=O)(=O)OCl)cc3)c2-c2ccc(S(=O)(=O)OCl)cc2)cc1. The molecule has 0 saturated carbocycles. The molecule has 0 atom stereocenters. The minimum absolute atomic E-state index is 0.178. The van der Waals surface area contributed by atoms with Gasteiger partial charge in [0.05, 0.1) is 77.7 Å². The summed E-state index contributed by atoms with van der Waals surface area (Å²) in [6, 6.07) is 34.3. The number of hydrogen-bond donors (Lipinski definition) is 0. The van der Waals surface area contributed by atoms with Crippen LogP contribution in [0.5, 0.6) is 5.75 Å². The summed E-state index contributed by atoms with van der Waals surface area (Å²) in [4.78, 5) is -1.38. The standard InChI is InChI=1S/C43H27Cl5O15S5/c1-26-2-4-27(5-3-26)38-39(28-6-16-33(17-7-28)59-68(48,57)58)41(30-10-20-35(21-11-30)65(51,52)61-45)43(32-14-24-37(25-15-32)67(55,56)63-47)42(31-12-22-36(23-13-31)66(53,54)62-46)40(38)29-8-18-34(19-9-29)64(49,50)60-44/h2-25H,1H3. The van der Waals surface area contributed by atoms with Crippen LogP contribution in [0.1, 0.15) is 5.56 Å². The molecule has 354 valence electrons. The van der Waals surface area contributed by atoms with Crippen LogP contribution in [-0.4, -0.2) is 42.1 Å². The summed E-state index contributed by atoms with van der Waals surface area (Å²) in [5.41, 5.74) is 5.00. The maximum Gasteiger partial charge on any atom is 0.401 e. The highest BCUT2D eigenvalue weighted by Crippen LogP contribution is 2.56. The largest absolute Gasteiger partial charge is 0.401 e. The molecule has 0 radical (unpaired) electrons. The van der Waals surface area contributed by atoms with E-state index in [2.05, 4.69) is 14.9 Å². The lowest BCUT2D eigenvalue weighted by Gasteiger charge is -2.29. The topological polar surface area (TPSA) is 217 Å². The first kappa shape index (κ1) is 51.2. The first-order valence-corrected chi connectivity index (χ1v) is 27.8. The third kappa shape index (κ3) is 10.7. The molecule has 0 saturated heterocycles. The van der Waals surface area contributed by atoms with Gasteiger partial charge in [-0.15, -0.1) is 0 Å². The van der Waals surface area contributed by atoms with Crippen LogP contribution in [0, 0.1) is 6.92 Å². The third-order valence-electron chi connectivity index (χ3n) is 10.2. The number of benzene rings is 7. The minimum Gasteiger partial charge on any atom is -0.371 e. The summed E-state index contributed by atoms with van der Waals surface area (Å²) < 4.78 is 149. The predicted molar refractivity (Wildman–Crippen MR) is 256 cm³/mol. The fourth-order valence-corrected chi connectivity index (χ4v) is 10.9. The summed E-state index contributed by atoms with van der Waals surface area (Å²) in [7, 11) is -16.9. The van der Waals surface area contributed by atoms with Gasteiger partial charge in [0.1, 0.15) is 5.75 Å². The van der Waals surface area contributed by atoms with Crippen molar-refractivity contribution >= 4 is 108 Å². The zero-order valence-electron chi connectivity index (χ0n) is 33.9. The number of hydrogen-bond acceptors (Lipinski definition) is 15. The smallest absolute Gasteiger partial charge is 0.371 e. The molecule has 0 heterocycles. The molecule has 0 bridgehead atoms. The van der Waals surface area contributed by atoms with Crippen molar-refractivity contribution in [2.24, 2.45) is 0 Å². The first-order chi connectivity index (χ1) is 32.0. The Balaban J connectivity index is 1.80. The minimum atomic E-state index is -4.52. The van der Waals surface area contributed by atoms with E-state index in [1.54, 1.807) is 12.1 Å². The highest BCUT2D eigenvalue weighted by molar-refractivity contribution is 8.10. The molecule has 7 aromatic rings. The predicted octanol–water partition coefficient (Wildman–Crippen LogP) is 11.3. The average molecular weight is 1120 g/mol. The highest BCUT2D eigenvalue weighted by atomic mass is 35.7. The Hall–Kier alpha value is -4.62. The van der Waals surface area contributed by atoms with E-state index < -0.39 is 49.8 Å². The van der Waals surface area contributed by atoms with Crippen LogP contribution < -0.4 is 4.18 Å². The summed E-state index contributed by atoms with van der Waals surface area (Å²) in [5, 5.41) is 0. The van der Waals surface area contributed by atoms with Crippen LogP contribution >= 0.6 is 58.1 Å². The van der Waals surface area contributed by atoms with Crippen LogP contribution in [0.2, 0.25) is 0 Å². The van der Waals surface area contributed by atoms with Gasteiger partial charge in [-0.25, -0.2) is 0 Å². The van der Waals surface area contributed by atoms with E-state index in [1.807, 2.05) is 19.1 Å². The Kier molecular flexibility index (Phi) is 15.1. The van der Waals surface area contributed by atoms with Crippen molar-refractivity contribution in [3.63, 3.8) is 0 Å². The molecule has 0 spiro atoms. The van der Waals surface area contributed by atoms with Crippen molar-refractivity contribution in [1.82, 2.24) is 0 Å². The lowest BCUT2D eigenvalue weighted by Crippen LogP contribution is -2.05. The first-order valence-electron chi connectivity index (χ1n) is 18.7. The second kappa shape index (κ2) is 20.0. The van der Waals surface area contributed by atoms with E-state index in [-0.39, 0.29) is 36.5 Å². The van der Waals surface area contributed by atoms with Crippen molar-refractivity contribution in [1.29, 1.82) is 0 Å². The molecule has 7 aromatic carbocycles. The van der Waals surface area contributed by atoms with Crippen LogP contribution in [0.4, 0.5) is 0 Å². The summed E-state index contributed by atoms with van der Waals surface area (Å²) >= 11 is 21.4. The van der Waals surface area contributed by atoms with E-state index in [4.69, 9.17) is 62.3 Å². The Morgan fingerprint density at radius 2 is 0.500 bits per heavy atom. The van der Waals surface area contributed by atoms with E-state index in [1.165, 1.54) is 121 Å². The fourth-order valence-electron chi connectivity index (χ4n) is 7.29. The summed E-state index contributed by atoms with van der Waals surface area (Å²) in [5.74, 6) is -0.178. The normalized spacial score (nSPS) is 12.5. The van der Waals surface area contributed by atoms with Crippen LogP contribution in [0.3, 0.4) is 0 Å². The van der Waals surface area contributed by atoms with Crippen molar-refractivity contribution in [2.75, 3.05) is 0 Å². The van der Waals surface area contributed by atoms with Crippen molar-refractivity contribution in [2.45, 2.75) is 26.5 Å². The third-order valence-corrected chi connectivity index (χ3v) is 16.9. The molecule has 0 N–H and O–H groups in total. The van der Waals surface area contributed by atoms with Gasteiger partial charge < -0.3 is 4.18 Å². The lowest BCUT2D eigenvalue weighted by molar-refractivity contribution is 0.502. The van der Waals surface area contributed by atoms with Gasteiger partial charge in [-0.3, -0.25) is 0 Å². The van der Waals surface area contributed by atoms with Gasteiger partial charge in [-0.1, -0.05) is 90.5 Å². The molecule has 0 aromatic heterocycles. The molecule has 0 aliphatic carbocycles. The maximum atomic E-state index is 12.8. The molecule has 0 aliphatic heterocycles. The van der Waals surface area contributed by atoms with Gasteiger partial charge in [-0.05, 0) is 134 Å². The van der Waals surface area contributed by atoms with Crippen LogP contribution in [0.15, 0.2) is 165 Å². The van der Waals surface area contributed by atoms with Gasteiger partial charge in [0.2, 0.25) is 0 Å². The van der Waals surface area contributed by atoms with Crippen LogP contribution in [0.25, 0.3) is 66.8 Å². The molecular weight excluding hydrogens is 1090 g/mol. The van der Waals surface area contributed by atoms with Gasteiger partial charge >= 0.3 is 49.8 Å². The zero-order chi connectivity index (χ0) is 49.4. The molecular formula is C43H27Cl5O15S5. The van der Waals surface area contributed by atoms with Crippen molar-refractivity contribution < 1.29 is 61.2 Å². The molecule has 0 aliphatic rings. The van der Waals surface area contributed by atoms with E-state index >= 15 is 0 Å². The van der Waals surface area contributed by atoms with Gasteiger partial charge in [0.25, 0.3) is 0 Å². The van der Waals surface area contributed by atoms with Crippen LogP contribution in [-0.2, 0) is 64.7 Å².